The number of nitrogens with one attached hydrogen (secondary N) is 1. The van der Waals surface area contributed by atoms with Gasteiger partial charge >= 0.3 is 0 Å². The van der Waals surface area contributed by atoms with Crippen molar-refractivity contribution < 1.29 is 9.59 Å². The number of amides is 1. The van der Waals surface area contributed by atoms with Crippen LogP contribution < -0.4 is 0 Å². The number of thiazole rings is 1. The van der Waals surface area contributed by atoms with Gasteiger partial charge in [0.15, 0.2) is 5.01 Å². The highest BCUT2D eigenvalue weighted by Crippen LogP contribution is 2.33. The number of nitrogens with zero attached hydrogens (tertiary/aromatic N) is 3. The smallest absolute Gasteiger partial charge is 0.273 e. The molecule has 1 aliphatic heterocycles. The van der Waals surface area contributed by atoms with Crippen molar-refractivity contribution in [2.24, 2.45) is 0 Å². The number of para-hydroxylation sites is 1. The van der Waals surface area contributed by atoms with Crippen LogP contribution in [0.2, 0.25) is 0 Å². The molecule has 3 aromatic heterocycles. The number of pyridine rings is 1. The molecular formula is C22H18N4O2S. The SMILES string of the molecule is O=C(c1nc(C(=O)N2CCCC2c2ccncc2)cs1)c1c[nH]c2ccccc12. The van der Waals surface area contributed by atoms with Crippen molar-refractivity contribution in [2.75, 3.05) is 6.54 Å². The molecule has 0 radical (unpaired) electrons. The second kappa shape index (κ2) is 7.25. The fourth-order valence-electron chi connectivity index (χ4n) is 3.94. The van der Waals surface area contributed by atoms with Crippen LogP contribution in [0.15, 0.2) is 60.4 Å². The Balaban J connectivity index is 1.41. The first-order chi connectivity index (χ1) is 14.2. The van der Waals surface area contributed by atoms with E-state index in [1.165, 1.54) is 11.3 Å². The molecule has 1 aliphatic rings. The van der Waals surface area contributed by atoms with Crippen LogP contribution in [0.1, 0.15) is 50.3 Å². The van der Waals surface area contributed by atoms with Crippen molar-refractivity contribution in [3.8, 4) is 0 Å². The number of rotatable bonds is 4. The van der Waals surface area contributed by atoms with E-state index in [1.807, 2.05) is 41.3 Å². The van der Waals surface area contributed by atoms with Crippen molar-refractivity contribution in [2.45, 2.75) is 18.9 Å². The normalized spacial score (nSPS) is 16.4. The highest BCUT2D eigenvalue weighted by atomic mass is 32.1. The lowest BCUT2D eigenvalue weighted by molar-refractivity contribution is 0.0730. The fraction of sp³-hybridized carbons (Fsp3) is 0.182. The number of ketones is 1. The van der Waals surface area contributed by atoms with Crippen LogP contribution in [-0.4, -0.2) is 38.1 Å². The summed E-state index contributed by atoms with van der Waals surface area (Å²) in [5.41, 5.74) is 2.89. The van der Waals surface area contributed by atoms with Gasteiger partial charge in [-0.1, -0.05) is 18.2 Å². The maximum absolute atomic E-state index is 13.1. The molecule has 5 rings (SSSR count). The highest BCUT2D eigenvalue weighted by Gasteiger charge is 2.32. The molecule has 0 aliphatic carbocycles. The average molecular weight is 402 g/mol. The van der Waals surface area contributed by atoms with Crippen LogP contribution in [0, 0.1) is 0 Å². The topological polar surface area (TPSA) is 79.0 Å². The summed E-state index contributed by atoms with van der Waals surface area (Å²) in [6, 6.07) is 11.6. The zero-order valence-electron chi connectivity index (χ0n) is 15.5. The zero-order chi connectivity index (χ0) is 19.8. The van der Waals surface area contributed by atoms with Gasteiger partial charge in [0.2, 0.25) is 5.78 Å². The Kier molecular flexibility index (Phi) is 4.44. The highest BCUT2D eigenvalue weighted by molar-refractivity contribution is 7.12. The molecule has 144 valence electrons. The van der Waals surface area contributed by atoms with Crippen molar-refractivity contribution in [1.82, 2.24) is 19.9 Å². The number of aromatic amines is 1. The second-order valence-corrected chi connectivity index (χ2v) is 7.91. The molecule has 1 amide bonds. The van der Waals surface area contributed by atoms with Gasteiger partial charge in [0.1, 0.15) is 5.69 Å². The lowest BCUT2D eigenvalue weighted by Crippen LogP contribution is -2.30. The van der Waals surface area contributed by atoms with Crippen LogP contribution in [0.25, 0.3) is 10.9 Å². The quantitative estimate of drug-likeness (QED) is 0.518. The Morgan fingerprint density at radius 3 is 2.83 bits per heavy atom. The van der Waals surface area contributed by atoms with Gasteiger partial charge in [0.25, 0.3) is 5.91 Å². The first-order valence-corrected chi connectivity index (χ1v) is 10.4. The van der Waals surface area contributed by atoms with Gasteiger partial charge in [-0.3, -0.25) is 14.6 Å². The molecule has 4 heterocycles. The number of carbonyl (C=O) groups is 2. The monoisotopic (exact) mass is 402 g/mol. The minimum atomic E-state index is -0.168. The van der Waals surface area contributed by atoms with Crippen molar-refractivity contribution in [3.63, 3.8) is 0 Å². The standard InChI is InChI=1S/C22H18N4O2S/c27-20(16-12-24-17-5-2-1-4-15(16)17)21-25-18(13-29-21)22(28)26-11-3-6-19(26)14-7-9-23-10-8-14/h1-2,4-5,7-10,12-13,19,24H,3,6,11H2. The summed E-state index contributed by atoms with van der Waals surface area (Å²) in [5.74, 6) is -0.294. The Bertz CT molecular complexity index is 1200. The summed E-state index contributed by atoms with van der Waals surface area (Å²) in [7, 11) is 0. The van der Waals surface area contributed by atoms with E-state index in [0.717, 1.165) is 29.3 Å². The molecule has 1 fully saturated rings. The number of carbonyl (C=O) groups excluding carboxylic acids is 2. The molecule has 1 atom stereocenters. The van der Waals surface area contributed by atoms with Crippen LogP contribution >= 0.6 is 11.3 Å². The molecule has 1 aromatic carbocycles. The molecule has 7 heteroatoms. The number of hydrogen-bond acceptors (Lipinski definition) is 5. The summed E-state index contributed by atoms with van der Waals surface area (Å²) in [5, 5.41) is 2.88. The molecule has 4 aromatic rings. The van der Waals surface area contributed by atoms with Crippen LogP contribution in [0.3, 0.4) is 0 Å². The Hall–Kier alpha value is -3.32. The molecule has 1 unspecified atom stereocenters. The Morgan fingerprint density at radius 2 is 1.97 bits per heavy atom. The molecule has 1 N–H and O–H groups in total. The van der Waals surface area contributed by atoms with E-state index in [2.05, 4.69) is 15.0 Å². The second-order valence-electron chi connectivity index (χ2n) is 7.05. The van der Waals surface area contributed by atoms with Gasteiger partial charge in [-0.25, -0.2) is 4.98 Å². The third-order valence-electron chi connectivity index (χ3n) is 5.36. The van der Waals surface area contributed by atoms with Crippen molar-refractivity contribution in [1.29, 1.82) is 0 Å². The summed E-state index contributed by atoms with van der Waals surface area (Å²) in [6.07, 6.45) is 7.06. The van der Waals surface area contributed by atoms with E-state index >= 15 is 0 Å². The van der Waals surface area contributed by atoms with Gasteiger partial charge in [-0.05, 0) is 36.6 Å². The third-order valence-corrected chi connectivity index (χ3v) is 6.20. The molecule has 0 bridgehead atoms. The number of fused-ring (bicyclic) bond motifs is 1. The van der Waals surface area contributed by atoms with Crippen LogP contribution in [0.5, 0.6) is 0 Å². The van der Waals surface area contributed by atoms with Crippen LogP contribution in [-0.2, 0) is 0 Å². The van der Waals surface area contributed by atoms with E-state index in [9.17, 15) is 9.59 Å². The summed E-state index contributed by atoms with van der Waals surface area (Å²) >= 11 is 1.22. The summed E-state index contributed by atoms with van der Waals surface area (Å²) in [4.78, 5) is 39.5. The van der Waals surface area contributed by atoms with Gasteiger partial charge in [0.05, 0.1) is 11.6 Å². The van der Waals surface area contributed by atoms with Crippen LogP contribution in [0.4, 0.5) is 0 Å². The maximum Gasteiger partial charge on any atom is 0.273 e. The number of H-pyrrole nitrogens is 1. The van der Waals surface area contributed by atoms with Gasteiger partial charge in [0, 0.05) is 41.4 Å². The number of likely N-dealkylation sites (tertiary alicyclic amines) is 1. The fourth-order valence-corrected chi connectivity index (χ4v) is 4.68. The van der Waals surface area contributed by atoms with E-state index in [1.54, 1.807) is 24.0 Å². The summed E-state index contributed by atoms with van der Waals surface area (Å²) < 4.78 is 0. The Labute approximate surface area is 171 Å². The van der Waals surface area contributed by atoms with Crippen molar-refractivity contribution >= 4 is 33.9 Å². The zero-order valence-corrected chi connectivity index (χ0v) is 16.4. The van der Waals surface area contributed by atoms with Gasteiger partial charge in [-0.15, -0.1) is 11.3 Å². The van der Waals surface area contributed by atoms with Gasteiger partial charge in [-0.2, -0.15) is 0 Å². The molecular weight excluding hydrogens is 384 g/mol. The molecule has 0 saturated carbocycles. The molecule has 29 heavy (non-hydrogen) atoms. The van der Waals surface area contributed by atoms with E-state index in [4.69, 9.17) is 0 Å². The minimum absolute atomic E-state index is 0.0277. The predicted octanol–water partition coefficient (Wildman–Crippen LogP) is 4.23. The minimum Gasteiger partial charge on any atom is -0.360 e. The first-order valence-electron chi connectivity index (χ1n) is 9.49. The molecule has 1 saturated heterocycles. The Morgan fingerprint density at radius 1 is 1.14 bits per heavy atom. The lowest BCUT2D eigenvalue weighted by Gasteiger charge is -2.24. The van der Waals surface area contributed by atoms with Gasteiger partial charge < -0.3 is 9.88 Å². The maximum atomic E-state index is 13.1. The average Bonchev–Trinajstić information content (AvgIpc) is 3.52. The third kappa shape index (κ3) is 3.13. The molecule has 0 spiro atoms. The number of benzene rings is 1. The number of hydrogen-bond donors (Lipinski definition) is 1. The van der Waals surface area contributed by atoms with E-state index in [0.29, 0.717) is 22.8 Å². The first kappa shape index (κ1) is 17.8. The van der Waals surface area contributed by atoms with E-state index < -0.39 is 0 Å². The predicted molar refractivity (Wildman–Crippen MR) is 111 cm³/mol. The largest absolute Gasteiger partial charge is 0.360 e. The van der Waals surface area contributed by atoms with E-state index in [-0.39, 0.29) is 17.7 Å². The lowest BCUT2D eigenvalue weighted by atomic mass is 10.1. The molecule has 6 nitrogen and oxygen atoms in total. The summed E-state index contributed by atoms with van der Waals surface area (Å²) in [6.45, 7) is 0.690. The number of aromatic nitrogens is 3. The van der Waals surface area contributed by atoms with Crippen molar-refractivity contribution in [3.05, 3.63) is 82.2 Å².